The average Bonchev–Trinajstić information content (AvgIpc) is 3.35. The predicted molar refractivity (Wildman–Crippen MR) is 110 cm³/mol. The zero-order valence-electron chi connectivity index (χ0n) is 16.5. The van der Waals surface area contributed by atoms with E-state index in [2.05, 4.69) is 64.2 Å². The smallest absolute Gasteiger partial charge is 0.143 e. The molecule has 0 atom stereocenters. The van der Waals surface area contributed by atoms with Crippen molar-refractivity contribution >= 4 is 11.4 Å². The van der Waals surface area contributed by atoms with E-state index in [-0.39, 0.29) is 0 Å². The van der Waals surface area contributed by atoms with Crippen LogP contribution in [-0.2, 0) is 0 Å². The Kier molecular flexibility index (Phi) is 4.69. The molecule has 0 fully saturated rings. The molecule has 0 bridgehead atoms. The molecule has 4 aromatic rings. The minimum atomic E-state index is 0.785. The van der Waals surface area contributed by atoms with Gasteiger partial charge in [0.1, 0.15) is 5.76 Å². The minimum Gasteiger partial charge on any atom is -0.361 e. The number of rotatable bonds is 5. The number of nitrogens with zero attached hydrogens (tertiary/aromatic N) is 5. The number of benzene rings is 1. The SMILES string of the molecule is CCN(c1ccc(-n2ccnc2)cc1)c1cc(-c2c(C)noc2C)ncc1C. The monoisotopic (exact) mass is 373 g/mol. The molecule has 142 valence electrons. The second-order valence-corrected chi connectivity index (χ2v) is 6.79. The fourth-order valence-electron chi connectivity index (χ4n) is 3.50. The topological polar surface area (TPSA) is 60.0 Å². The van der Waals surface area contributed by atoms with Gasteiger partial charge in [0.15, 0.2) is 0 Å². The molecule has 0 radical (unpaired) electrons. The summed E-state index contributed by atoms with van der Waals surface area (Å²) in [4.78, 5) is 11.0. The minimum absolute atomic E-state index is 0.785. The number of hydrogen-bond acceptors (Lipinski definition) is 5. The van der Waals surface area contributed by atoms with Crippen molar-refractivity contribution in [1.82, 2.24) is 19.7 Å². The standard InChI is InChI=1S/C22H23N5O/c1-5-27(19-8-6-18(7-9-19)26-11-10-23-14-26)21-12-20(24-13-15(21)2)22-16(3)25-28-17(22)4/h6-14H,5H2,1-4H3. The van der Waals surface area contributed by atoms with Crippen molar-refractivity contribution in [1.29, 1.82) is 0 Å². The van der Waals surface area contributed by atoms with E-state index in [9.17, 15) is 0 Å². The molecule has 4 rings (SSSR count). The van der Waals surface area contributed by atoms with Gasteiger partial charge in [-0.2, -0.15) is 0 Å². The summed E-state index contributed by atoms with van der Waals surface area (Å²) >= 11 is 0. The van der Waals surface area contributed by atoms with Gasteiger partial charge in [-0.1, -0.05) is 5.16 Å². The van der Waals surface area contributed by atoms with E-state index in [1.54, 1.807) is 12.5 Å². The quantitative estimate of drug-likeness (QED) is 0.492. The summed E-state index contributed by atoms with van der Waals surface area (Å²) in [6, 6.07) is 10.6. The summed E-state index contributed by atoms with van der Waals surface area (Å²) in [7, 11) is 0. The van der Waals surface area contributed by atoms with E-state index in [0.717, 1.165) is 51.9 Å². The Bertz CT molecular complexity index is 1060. The van der Waals surface area contributed by atoms with E-state index in [1.807, 2.05) is 30.8 Å². The lowest BCUT2D eigenvalue weighted by Crippen LogP contribution is -2.17. The van der Waals surface area contributed by atoms with Crippen LogP contribution in [0.4, 0.5) is 11.4 Å². The molecular formula is C22H23N5O. The molecule has 0 aliphatic carbocycles. The highest BCUT2D eigenvalue weighted by Gasteiger charge is 2.17. The van der Waals surface area contributed by atoms with Crippen molar-refractivity contribution in [3.05, 3.63) is 72.3 Å². The molecule has 0 amide bonds. The van der Waals surface area contributed by atoms with Crippen LogP contribution in [0.2, 0.25) is 0 Å². The Morgan fingerprint density at radius 3 is 2.50 bits per heavy atom. The highest BCUT2D eigenvalue weighted by Crippen LogP contribution is 2.33. The Morgan fingerprint density at radius 1 is 1.11 bits per heavy atom. The van der Waals surface area contributed by atoms with Crippen molar-refractivity contribution in [3.63, 3.8) is 0 Å². The molecule has 28 heavy (non-hydrogen) atoms. The normalized spacial score (nSPS) is 11.0. The number of aromatic nitrogens is 4. The van der Waals surface area contributed by atoms with Crippen LogP contribution in [0.3, 0.4) is 0 Å². The second kappa shape index (κ2) is 7.31. The third kappa shape index (κ3) is 3.17. The van der Waals surface area contributed by atoms with Crippen LogP contribution < -0.4 is 4.90 Å². The molecule has 6 nitrogen and oxygen atoms in total. The largest absolute Gasteiger partial charge is 0.361 e. The predicted octanol–water partition coefficient (Wildman–Crippen LogP) is 5.01. The fourth-order valence-corrected chi connectivity index (χ4v) is 3.50. The van der Waals surface area contributed by atoms with Gasteiger partial charge in [-0.25, -0.2) is 4.98 Å². The number of pyridine rings is 1. The summed E-state index contributed by atoms with van der Waals surface area (Å²) in [5.41, 5.74) is 7.16. The van der Waals surface area contributed by atoms with Gasteiger partial charge in [0, 0.05) is 42.2 Å². The molecule has 6 heteroatoms. The van der Waals surface area contributed by atoms with Crippen LogP contribution in [-0.4, -0.2) is 26.2 Å². The van der Waals surface area contributed by atoms with E-state index in [4.69, 9.17) is 4.52 Å². The van der Waals surface area contributed by atoms with Crippen molar-refractivity contribution < 1.29 is 4.52 Å². The van der Waals surface area contributed by atoms with Gasteiger partial charge in [-0.15, -0.1) is 0 Å². The first kappa shape index (κ1) is 18.0. The molecule has 0 unspecified atom stereocenters. The molecule has 0 aliphatic heterocycles. The van der Waals surface area contributed by atoms with Crippen LogP contribution in [0, 0.1) is 20.8 Å². The molecule has 0 saturated carbocycles. The highest BCUT2D eigenvalue weighted by molar-refractivity contribution is 5.73. The third-order valence-corrected chi connectivity index (χ3v) is 4.94. The Labute approximate surface area is 164 Å². The maximum absolute atomic E-state index is 5.33. The lowest BCUT2D eigenvalue weighted by atomic mass is 10.1. The van der Waals surface area contributed by atoms with E-state index < -0.39 is 0 Å². The summed E-state index contributed by atoms with van der Waals surface area (Å²) in [5.74, 6) is 0.785. The summed E-state index contributed by atoms with van der Waals surface area (Å²) < 4.78 is 7.32. The van der Waals surface area contributed by atoms with Crippen LogP contribution in [0.5, 0.6) is 0 Å². The summed E-state index contributed by atoms with van der Waals surface area (Å²) in [6.07, 6.45) is 7.44. The molecule has 0 saturated heterocycles. The van der Waals surface area contributed by atoms with Crippen molar-refractivity contribution in [3.8, 4) is 16.9 Å². The molecule has 0 N–H and O–H groups in total. The average molecular weight is 373 g/mol. The number of anilines is 2. The van der Waals surface area contributed by atoms with E-state index in [0.29, 0.717) is 0 Å². The lowest BCUT2D eigenvalue weighted by Gasteiger charge is -2.25. The first-order valence-electron chi connectivity index (χ1n) is 9.34. The Hall–Kier alpha value is -3.41. The second-order valence-electron chi connectivity index (χ2n) is 6.79. The third-order valence-electron chi connectivity index (χ3n) is 4.94. The maximum Gasteiger partial charge on any atom is 0.143 e. The van der Waals surface area contributed by atoms with Gasteiger partial charge in [0.05, 0.1) is 23.3 Å². The molecule has 0 spiro atoms. The molecule has 3 aromatic heterocycles. The van der Waals surface area contributed by atoms with Crippen molar-refractivity contribution in [2.75, 3.05) is 11.4 Å². The van der Waals surface area contributed by atoms with Gasteiger partial charge in [-0.3, -0.25) is 4.98 Å². The number of hydrogen-bond donors (Lipinski definition) is 0. The van der Waals surface area contributed by atoms with Crippen LogP contribution >= 0.6 is 0 Å². The van der Waals surface area contributed by atoms with Gasteiger partial charge in [-0.05, 0) is 63.6 Å². The van der Waals surface area contributed by atoms with Gasteiger partial charge in [0.2, 0.25) is 0 Å². The first-order valence-corrected chi connectivity index (χ1v) is 9.34. The van der Waals surface area contributed by atoms with E-state index >= 15 is 0 Å². The number of aryl methyl sites for hydroxylation is 3. The zero-order chi connectivity index (χ0) is 19.7. The fraction of sp³-hybridized carbons (Fsp3) is 0.227. The van der Waals surface area contributed by atoms with Crippen molar-refractivity contribution in [2.45, 2.75) is 27.7 Å². The van der Waals surface area contributed by atoms with Gasteiger partial charge < -0.3 is 14.0 Å². The zero-order valence-corrected chi connectivity index (χ0v) is 16.5. The van der Waals surface area contributed by atoms with Gasteiger partial charge >= 0.3 is 0 Å². The Balaban J connectivity index is 1.73. The maximum atomic E-state index is 5.33. The van der Waals surface area contributed by atoms with Crippen molar-refractivity contribution in [2.24, 2.45) is 0 Å². The van der Waals surface area contributed by atoms with Crippen LogP contribution in [0.15, 0.2) is 59.8 Å². The van der Waals surface area contributed by atoms with Gasteiger partial charge in [0.25, 0.3) is 0 Å². The van der Waals surface area contributed by atoms with Crippen LogP contribution in [0.25, 0.3) is 16.9 Å². The molecule has 3 heterocycles. The van der Waals surface area contributed by atoms with E-state index in [1.165, 1.54) is 0 Å². The highest BCUT2D eigenvalue weighted by atomic mass is 16.5. The number of imidazole rings is 1. The molecule has 1 aromatic carbocycles. The molecule has 0 aliphatic rings. The summed E-state index contributed by atoms with van der Waals surface area (Å²) in [6.45, 7) is 8.94. The molecular weight excluding hydrogens is 350 g/mol. The Morgan fingerprint density at radius 2 is 1.89 bits per heavy atom. The van der Waals surface area contributed by atoms with Crippen LogP contribution in [0.1, 0.15) is 23.9 Å². The first-order chi connectivity index (χ1) is 13.6. The summed E-state index contributed by atoms with van der Waals surface area (Å²) in [5, 5.41) is 4.07. The lowest BCUT2D eigenvalue weighted by molar-refractivity contribution is 0.393.